The van der Waals surface area contributed by atoms with Crippen LogP contribution in [0.15, 0.2) is 30.6 Å². The van der Waals surface area contributed by atoms with Crippen LogP contribution in [0.5, 0.6) is 0 Å². The van der Waals surface area contributed by atoms with Crippen molar-refractivity contribution in [1.29, 1.82) is 5.26 Å². The van der Waals surface area contributed by atoms with E-state index in [0.717, 1.165) is 11.6 Å². The van der Waals surface area contributed by atoms with Gasteiger partial charge in [0.15, 0.2) is 5.82 Å². The number of halogens is 1. The maximum absolute atomic E-state index is 14.1. The second-order valence-corrected chi connectivity index (χ2v) is 6.97. The van der Waals surface area contributed by atoms with E-state index in [4.69, 9.17) is 0 Å². The highest BCUT2D eigenvalue weighted by Gasteiger charge is 2.22. The average molecular weight is 392 g/mol. The number of nitrogens with zero attached hydrogens (tertiary/aromatic N) is 6. The fraction of sp³-hybridized carbons (Fsp3) is 0.200. The van der Waals surface area contributed by atoms with Crippen LogP contribution in [-0.4, -0.2) is 44.3 Å². The van der Waals surface area contributed by atoms with E-state index in [1.807, 2.05) is 36.7 Å². The monoisotopic (exact) mass is 392 g/mol. The van der Waals surface area contributed by atoms with E-state index >= 15 is 0 Å². The first kappa shape index (κ1) is 18.4. The van der Waals surface area contributed by atoms with E-state index in [9.17, 15) is 19.6 Å². The molecule has 0 saturated carbocycles. The number of imidazole rings is 1. The van der Waals surface area contributed by atoms with Crippen LogP contribution in [0.2, 0.25) is 0 Å². The predicted molar refractivity (Wildman–Crippen MR) is 106 cm³/mol. The van der Waals surface area contributed by atoms with Crippen LogP contribution >= 0.6 is 0 Å². The molecule has 4 rings (SSSR count). The van der Waals surface area contributed by atoms with Gasteiger partial charge in [0, 0.05) is 32.1 Å². The first-order valence-electron chi connectivity index (χ1n) is 8.74. The van der Waals surface area contributed by atoms with Gasteiger partial charge in [0.05, 0.1) is 29.2 Å². The summed E-state index contributed by atoms with van der Waals surface area (Å²) in [5.74, 6) is -1.03. The number of pyridine rings is 1. The highest BCUT2D eigenvalue weighted by molar-refractivity contribution is 6.08. The van der Waals surface area contributed by atoms with E-state index in [1.165, 1.54) is 16.7 Å². The fourth-order valence-corrected chi connectivity index (χ4v) is 3.55. The molecule has 0 bridgehead atoms. The number of carbonyl (C=O) groups is 1. The zero-order valence-corrected chi connectivity index (χ0v) is 16.0. The predicted octanol–water partition coefficient (Wildman–Crippen LogP) is 2.75. The van der Waals surface area contributed by atoms with E-state index in [-0.39, 0.29) is 12.1 Å². The molecule has 1 N–H and O–H groups in total. The van der Waals surface area contributed by atoms with Gasteiger partial charge in [-0.15, -0.1) is 0 Å². The van der Waals surface area contributed by atoms with Crippen molar-refractivity contribution in [2.45, 2.75) is 6.54 Å². The Morgan fingerprint density at radius 2 is 2.07 bits per heavy atom. The minimum atomic E-state index is -1.06. The van der Waals surface area contributed by atoms with Gasteiger partial charge in [0.25, 0.3) is 0 Å². The summed E-state index contributed by atoms with van der Waals surface area (Å²) in [6, 6.07) is 7.64. The number of aromatic nitrogens is 4. The molecule has 9 heteroatoms. The highest BCUT2D eigenvalue weighted by Crippen LogP contribution is 2.35. The molecular formula is C20H17FN6O2. The van der Waals surface area contributed by atoms with Crippen LogP contribution in [0, 0.1) is 17.1 Å². The average Bonchev–Trinajstić information content (AvgIpc) is 3.21. The second kappa shape index (κ2) is 6.60. The quantitative estimate of drug-likeness (QED) is 0.573. The van der Waals surface area contributed by atoms with Gasteiger partial charge >= 0.3 is 5.97 Å². The highest BCUT2D eigenvalue weighted by atomic mass is 19.1. The molecule has 0 fully saturated rings. The van der Waals surface area contributed by atoms with Crippen LogP contribution in [0.3, 0.4) is 0 Å². The molecular weight excluding hydrogens is 375 g/mol. The van der Waals surface area contributed by atoms with Crippen molar-refractivity contribution in [2.24, 2.45) is 7.05 Å². The molecule has 8 nitrogen and oxygen atoms in total. The lowest BCUT2D eigenvalue weighted by molar-refractivity contribution is -0.137. The van der Waals surface area contributed by atoms with Crippen LogP contribution in [0.25, 0.3) is 33.3 Å². The van der Waals surface area contributed by atoms with Crippen molar-refractivity contribution in [1.82, 2.24) is 19.1 Å². The molecule has 0 saturated heterocycles. The summed E-state index contributed by atoms with van der Waals surface area (Å²) in [4.78, 5) is 22.5. The Morgan fingerprint density at radius 3 is 2.72 bits per heavy atom. The third-order valence-corrected chi connectivity index (χ3v) is 4.72. The Bertz CT molecular complexity index is 1330. The normalized spacial score (nSPS) is 11.1. The number of carboxylic acids is 1. The van der Waals surface area contributed by atoms with Gasteiger partial charge in [-0.25, -0.2) is 14.4 Å². The first-order valence-corrected chi connectivity index (χ1v) is 8.74. The Hall–Kier alpha value is -3.93. The molecule has 1 aromatic carbocycles. The van der Waals surface area contributed by atoms with E-state index < -0.39 is 11.8 Å². The van der Waals surface area contributed by atoms with Crippen LogP contribution < -0.4 is 4.90 Å². The van der Waals surface area contributed by atoms with Crippen molar-refractivity contribution < 1.29 is 14.3 Å². The summed E-state index contributed by atoms with van der Waals surface area (Å²) in [5, 5.41) is 19.4. The van der Waals surface area contributed by atoms with Crippen molar-refractivity contribution >= 4 is 33.9 Å². The standard InChI is InChI=1S/C20H17FN6O2/c1-25(2)20-17-18(26(3)10-23-17)14-7-15(27(9-16(28)29)19(14)24-20)12-4-11(8-22)5-13(21)6-12/h4-7,10H,9H2,1-3H3,(H,28,29). The first-order chi connectivity index (χ1) is 13.8. The van der Waals surface area contributed by atoms with Crippen LogP contribution in [-0.2, 0) is 18.4 Å². The number of aryl methyl sites for hydroxylation is 1. The minimum absolute atomic E-state index is 0.153. The van der Waals surface area contributed by atoms with Gasteiger partial charge in [-0.2, -0.15) is 5.26 Å². The van der Waals surface area contributed by atoms with Gasteiger partial charge in [0.1, 0.15) is 23.5 Å². The molecule has 0 atom stereocenters. The van der Waals surface area contributed by atoms with E-state index in [1.54, 1.807) is 12.4 Å². The Kier molecular flexibility index (Phi) is 4.19. The van der Waals surface area contributed by atoms with Gasteiger partial charge in [-0.3, -0.25) is 4.79 Å². The van der Waals surface area contributed by atoms with Gasteiger partial charge in [-0.05, 0) is 24.3 Å². The molecule has 146 valence electrons. The number of fused-ring (bicyclic) bond motifs is 3. The summed E-state index contributed by atoms with van der Waals surface area (Å²) in [6.45, 7) is -0.361. The molecule has 0 radical (unpaired) electrons. The lowest BCUT2D eigenvalue weighted by atomic mass is 10.1. The third-order valence-electron chi connectivity index (χ3n) is 4.72. The SMILES string of the molecule is CN(C)c1nc2c(cc(-c3cc(F)cc(C#N)c3)n2CC(=O)O)c2c1ncn2C. The molecule has 3 heterocycles. The van der Waals surface area contributed by atoms with Crippen molar-refractivity contribution in [2.75, 3.05) is 19.0 Å². The molecule has 4 aromatic rings. The van der Waals surface area contributed by atoms with E-state index in [2.05, 4.69) is 9.97 Å². The second-order valence-electron chi connectivity index (χ2n) is 6.97. The Labute approximate surface area is 165 Å². The summed E-state index contributed by atoms with van der Waals surface area (Å²) in [7, 11) is 5.51. The van der Waals surface area contributed by atoms with Crippen molar-refractivity contribution in [3.63, 3.8) is 0 Å². The third kappa shape index (κ3) is 2.95. The molecule has 3 aromatic heterocycles. The number of benzene rings is 1. The largest absolute Gasteiger partial charge is 0.480 e. The lowest BCUT2D eigenvalue weighted by Gasteiger charge is -2.14. The number of anilines is 1. The summed E-state index contributed by atoms with van der Waals surface area (Å²) in [6.07, 6.45) is 1.67. The maximum Gasteiger partial charge on any atom is 0.323 e. The van der Waals surface area contributed by atoms with Crippen molar-refractivity contribution in [3.8, 4) is 17.3 Å². The molecule has 0 amide bonds. The Balaban J connectivity index is 2.14. The number of hydrogen-bond donors (Lipinski definition) is 1. The van der Waals surface area contributed by atoms with Gasteiger partial charge in [-0.1, -0.05) is 0 Å². The number of hydrogen-bond acceptors (Lipinski definition) is 5. The maximum atomic E-state index is 14.1. The van der Waals surface area contributed by atoms with Crippen molar-refractivity contribution in [3.05, 3.63) is 42.0 Å². The summed E-state index contributed by atoms with van der Waals surface area (Å²) < 4.78 is 17.4. The van der Waals surface area contributed by atoms with Crippen LogP contribution in [0.1, 0.15) is 5.56 Å². The summed E-state index contributed by atoms with van der Waals surface area (Å²) >= 11 is 0. The zero-order valence-electron chi connectivity index (χ0n) is 16.0. The molecule has 29 heavy (non-hydrogen) atoms. The smallest absolute Gasteiger partial charge is 0.323 e. The fourth-order valence-electron chi connectivity index (χ4n) is 3.55. The number of carboxylic acid groups (broad SMARTS) is 1. The molecule has 0 aliphatic heterocycles. The minimum Gasteiger partial charge on any atom is -0.480 e. The number of nitriles is 1. The lowest BCUT2D eigenvalue weighted by Crippen LogP contribution is -2.14. The topological polar surface area (TPSA) is 100.0 Å². The Morgan fingerprint density at radius 1 is 1.31 bits per heavy atom. The molecule has 0 spiro atoms. The zero-order chi connectivity index (χ0) is 20.9. The van der Waals surface area contributed by atoms with Crippen LogP contribution in [0.4, 0.5) is 10.2 Å². The number of aliphatic carboxylic acids is 1. The van der Waals surface area contributed by atoms with Gasteiger partial charge < -0.3 is 19.1 Å². The molecule has 0 aliphatic carbocycles. The van der Waals surface area contributed by atoms with Gasteiger partial charge in [0.2, 0.25) is 0 Å². The molecule has 0 aliphatic rings. The molecule has 0 unspecified atom stereocenters. The summed E-state index contributed by atoms with van der Waals surface area (Å²) in [5.41, 5.74) is 2.94. The van der Waals surface area contributed by atoms with E-state index in [0.29, 0.717) is 33.6 Å². The number of rotatable bonds is 4.